The van der Waals surface area contributed by atoms with Crippen molar-refractivity contribution in [1.82, 2.24) is 0 Å². The average molecular weight is 347 g/mol. The Hall–Kier alpha value is -0.563. The van der Waals surface area contributed by atoms with Gasteiger partial charge in [0.2, 0.25) is 0 Å². The van der Waals surface area contributed by atoms with Gasteiger partial charge in [-0.05, 0) is 37.3 Å². The molecule has 0 saturated heterocycles. The summed E-state index contributed by atoms with van der Waals surface area (Å²) in [6.45, 7) is 4.82. The first kappa shape index (κ1) is 20.5. The molecule has 0 fully saturated rings. The largest absolute Gasteiger partial charge is 0.441 e. The Balaban J connectivity index is 2.47. The molecule has 1 aliphatic carbocycles. The molecule has 1 rings (SSSR count). The van der Waals surface area contributed by atoms with Gasteiger partial charge in [-0.2, -0.15) is 5.11 Å². The van der Waals surface area contributed by atoms with Gasteiger partial charge in [0.25, 0.3) is 0 Å². The highest BCUT2D eigenvalue weighted by Crippen LogP contribution is 2.29. The van der Waals surface area contributed by atoms with Gasteiger partial charge in [0.15, 0.2) is 0 Å². The van der Waals surface area contributed by atoms with E-state index in [0.29, 0.717) is 32.5 Å². The molecule has 133 valence electrons. The summed E-state index contributed by atoms with van der Waals surface area (Å²) >= 11 is 0. The highest BCUT2D eigenvalue weighted by Gasteiger charge is 2.31. The van der Waals surface area contributed by atoms with E-state index < -0.39 is 15.4 Å². The summed E-state index contributed by atoms with van der Waals surface area (Å²) < 4.78 is 36.8. The van der Waals surface area contributed by atoms with E-state index in [1.807, 2.05) is 13.8 Å². The van der Waals surface area contributed by atoms with Gasteiger partial charge in [0.05, 0.1) is 13.2 Å². The monoisotopic (exact) mass is 347 g/mol. The van der Waals surface area contributed by atoms with Gasteiger partial charge in [-0.15, -0.1) is 0 Å². The predicted octanol–water partition coefficient (Wildman–Crippen LogP) is 4.83. The van der Waals surface area contributed by atoms with E-state index in [9.17, 15) is 13.3 Å². The third-order valence-corrected chi connectivity index (χ3v) is 4.98. The van der Waals surface area contributed by atoms with E-state index in [0.717, 1.165) is 31.3 Å². The molecule has 0 spiro atoms. The lowest BCUT2D eigenvalue weighted by Crippen LogP contribution is -2.35. The molecule has 0 aromatic heterocycles. The van der Waals surface area contributed by atoms with Gasteiger partial charge in [0, 0.05) is 6.42 Å². The number of halogens is 2. The fourth-order valence-corrected chi connectivity index (χ4v) is 3.34. The molecule has 0 saturated carbocycles. The molecule has 6 heteroatoms. The van der Waals surface area contributed by atoms with Crippen LogP contribution in [0.25, 0.3) is 0 Å². The van der Waals surface area contributed by atoms with Crippen LogP contribution in [0.4, 0.5) is 8.22 Å². The lowest BCUT2D eigenvalue weighted by molar-refractivity contribution is -0.391. The number of hydrogen-bond donors (Lipinski definition) is 0. The molecule has 0 amide bonds. The first-order valence-electron chi connectivity index (χ1n) is 8.67. The lowest BCUT2D eigenvalue weighted by atomic mass is 10.1. The van der Waals surface area contributed by atoms with E-state index in [-0.39, 0.29) is 11.6 Å². The second-order valence-electron chi connectivity index (χ2n) is 5.91. The van der Waals surface area contributed by atoms with Crippen molar-refractivity contribution < 1.29 is 22.8 Å². The van der Waals surface area contributed by atoms with Crippen molar-refractivity contribution in [2.45, 2.75) is 71.2 Å². The third kappa shape index (κ3) is 7.70. The topological polar surface area (TPSA) is 38.4 Å². The van der Waals surface area contributed by atoms with Crippen LogP contribution in [0.15, 0.2) is 22.9 Å². The maximum atomic E-state index is 13.0. The van der Waals surface area contributed by atoms with E-state index in [2.05, 4.69) is 0 Å². The molecule has 0 aromatic carbocycles. The van der Waals surface area contributed by atoms with Crippen LogP contribution in [0.5, 0.6) is 0 Å². The van der Waals surface area contributed by atoms with E-state index in [1.165, 1.54) is 0 Å². The van der Waals surface area contributed by atoms with Crippen molar-refractivity contribution in [2.24, 2.45) is 0 Å². The minimum absolute atomic E-state index is 0.196. The zero-order chi connectivity index (χ0) is 17.1. The molecule has 0 aromatic rings. The fraction of sp³-hybridized carbons (Fsp3) is 0.765. The Labute approximate surface area is 140 Å². The summed E-state index contributed by atoms with van der Waals surface area (Å²) in [7, 11) is -3.76. The van der Waals surface area contributed by atoms with Crippen LogP contribution in [0.1, 0.15) is 65.2 Å². The summed E-state index contributed by atoms with van der Waals surface area (Å²) in [5.74, 6) is -1.83. The third-order valence-electron chi connectivity index (χ3n) is 3.91. The predicted molar refractivity (Wildman–Crippen MR) is 89.1 cm³/mol. The number of rotatable bonds is 13. The highest BCUT2D eigenvalue weighted by atomic mass is 28.4. The standard InChI is InChI=1S/C17H29F2O3Si/c1-3-5-13-21-17(20,22-14-6-4-2)12-8-10-15-9-7-11-16(15)23(18)19/h7,11,23H,3-6,8-10,12-14H2,1-2H3. The first-order valence-corrected chi connectivity index (χ1v) is 10.1. The molecular formula is C17H29F2O3Si. The van der Waals surface area contributed by atoms with Crippen LogP contribution in [0.2, 0.25) is 0 Å². The van der Waals surface area contributed by atoms with E-state index in [4.69, 9.17) is 9.47 Å². The summed E-state index contributed by atoms with van der Waals surface area (Å²) in [4.78, 5) is 0. The number of hydrogen-bond acceptors (Lipinski definition) is 2. The van der Waals surface area contributed by atoms with E-state index >= 15 is 0 Å². The summed E-state index contributed by atoms with van der Waals surface area (Å²) in [6.07, 6.45) is 8.69. The lowest BCUT2D eigenvalue weighted by Gasteiger charge is -2.26. The van der Waals surface area contributed by atoms with Crippen molar-refractivity contribution >= 4 is 9.46 Å². The maximum Gasteiger partial charge on any atom is 0.441 e. The Bertz CT molecular complexity index is 387. The fourth-order valence-electron chi connectivity index (χ4n) is 2.49. The summed E-state index contributed by atoms with van der Waals surface area (Å²) in [6, 6.07) is 0. The molecule has 0 atom stereocenters. The van der Waals surface area contributed by atoms with E-state index in [1.54, 1.807) is 12.2 Å². The summed E-state index contributed by atoms with van der Waals surface area (Å²) in [5.41, 5.74) is 0.788. The second-order valence-corrected chi connectivity index (χ2v) is 7.13. The van der Waals surface area contributed by atoms with Crippen LogP contribution in [0.3, 0.4) is 0 Å². The number of allylic oxidation sites excluding steroid dienone is 4. The van der Waals surface area contributed by atoms with Crippen molar-refractivity contribution in [3.05, 3.63) is 22.9 Å². The van der Waals surface area contributed by atoms with Gasteiger partial charge < -0.3 is 9.47 Å². The Kier molecular flexibility index (Phi) is 9.86. The van der Waals surface area contributed by atoms with Crippen LogP contribution in [-0.2, 0) is 14.6 Å². The van der Waals surface area contributed by atoms with Crippen molar-refractivity contribution in [3.63, 3.8) is 0 Å². The van der Waals surface area contributed by atoms with Gasteiger partial charge in [-0.3, -0.25) is 8.22 Å². The normalized spacial score (nSPS) is 15.2. The SMILES string of the molecule is CCCCOC([O])(CCCC1=C([SiH](F)F)C=CC1)OCCCC. The zero-order valence-corrected chi connectivity index (χ0v) is 15.4. The van der Waals surface area contributed by atoms with Crippen LogP contribution < -0.4 is 0 Å². The van der Waals surface area contributed by atoms with Crippen molar-refractivity contribution in [2.75, 3.05) is 13.2 Å². The van der Waals surface area contributed by atoms with Crippen molar-refractivity contribution in [1.29, 1.82) is 0 Å². The number of unbranched alkanes of at least 4 members (excludes halogenated alkanes) is 2. The molecule has 0 heterocycles. The first-order chi connectivity index (χ1) is 11.0. The van der Waals surface area contributed by atoms with Gasteiger partial charge in [0.1, 0.15) is 0 Å². The Morgan fingerprint density at radius 2 is 1.74 bits per heavy atom. The minimum atomic E-state index is -3.76. The highest BCUT2D eigenvalue weighted by molar-refractivity contribution is 6.53. The molecule has 0 N–H and O–H groups in total. The molecule has 0 unspecified atom stereocenters. The van der Waals surface area contributed by atoms with Gasteiger partial charge in [-0.1, -0.05) is 44.4 Å². The molecule has 3 nitrogen and oxygen atoms in total. The minimum Gasteiger partial charge on any atom is -0.326 e. The average Bonchev–Trinajstić information content (AvgIpc) is 2.96. The maximum absolute atomic E-state index is 13.0. The Morgan fingerprint density at radius 1 is 1.13 bits per heavy atom. The number of ether oxygens (including phenoxy) is 2. The quantitative estimate of drug-likeness (QED) is 0.207. The molecule has 1 aliphatic rings. The molecule has 0 bridgehead atoms. The Morgan fingerprint density at radius 3 is 2.26 bits per heavy atom. The molecule has 0 aliphatic heterocycles. The van der Waals surface area contributed by atoms with Gasteiger partial charge >= 0.3 is 15.4 Å². The zero-order valence-electron chi connectivity index (χ0n) is 14.3. The second kappa shape index (κ2) is 11.1. The molecule has 23 heavy (non-hydrogen) atoms. The molecular weight excluding hydrogens is 318 g/mol. The van der Waals surface area contributed by atoms with Crippen molar-refractivity contribution in [3.8, 4) is 0 Å². The summed E-state index contributed by atoms with van der Waals surface area (Å²) in [5, 5.41) is 12.9. The van der Waals surface area contributed by atoms with Crippen LogP contribution >= 0.6 is 0 Å². The van der Waals surface area contributed by atoms with Gasteiger partial charge in [-0.25, -0.2) is 0 Å². The van der Waals surface area contributed by atoms with Crippen LogP contribution in [0, 0.1) is 0 Å². The smallest absolute Gasteiger partial charge is 0.326 e. The van der Waals surface area contributed by atoms with Crippen LogP contribution in [-0.4, -0.2) is 28.7 Å². The molecule has 1 radical (unpaired) electrons.